The van der Waals surface area contributed by atoms with E-state index in [0.29, 0.717) is 7.35 Å². The fraction of sp³-hybridized carbons (Fsp3) is 0.300. The SMILES string of the molecule is CCC[Si]1(C)C2=Cc3c(-c4cc(C)cc(C)c4)cccc3[CH]2[Hf]([CH3])([CH3])[CH]2C1=Cc1c(-c3cc(C)cc(C)c3)cccc12. The van der Waals surface area contributed by atoms with Crippen LogP contribution in [0.4, 0.5) is 0 Å². The molecule has 212 valence electrons. The summed E-state index contributed by atoms with van der Waals surface area (Å²) in [6.07, 6.45) is 6.73. The number of hydrogen-bond acceptors (Lipinski definition) is 0. The van der Waals surface area contributed by atoms with Crippen LogP contribution in [0.3, 0.4) is 0 Å². The van der Waals surface area contributed by atoms with Crippen molar-refractivity contribution >= 4 is 20.2 Å². The first-order valence-electron chi connectivity index (χ1n) is 15.9. The predicted molar refractivity (Wildman–Crippen MR) is 183 cm³/mol. The van der Waals surface area contributed by atoms with Gasteiger partial charge in [-0.15, -0.1) is 0 Å². The van der Waals surface area contributed by atoms with Crippen molar-refractivity contribution in [2.45, 2.75) is 70.3 Å². The van der Waals surface area contributed by atoms with Gasteiger partial charge >= 0.3 is 260 Å². The Hall–Kier alpha value is -2.55. The van der Waals surface area contributed by atoms with Crippen molar-refractivity contribution in [3.63, 3.8) is 0 Å². The van der Waals surface area contributed by atoms with E-state index in [-0.39, 0.29) is 0 Å². The fourth-order valence-corrected chi connectivity index (χ4v) is 41.8. The van der Waals surface area contributed by atoms with Crippen molar-refractivity contribution in [2.75, 3.05) is 0 Å². The van der Waals surface area contributed by atoms with Crippen LogP contribution >= 0.6 is 0 Å². The first-order valence-corrected chi connectivity index (χ1v) is 29.9. The van der Waals surface area contributed by atoms with Crippen molar-refractivity contribution in [3.8, 4) is 22.3 Å². The Morgan fingerprint density at radius 2 is 1.02 bits per heavy atom. The average Bonchev–Trinajstić information content (AvgIpc) is 3.53. The van der Waals surface area contributed by atoms with Crippen LogP contribution in [0.2, 0.25) is 22.0 Å². The van der Waals surface area contributed by atoms with E-state index in [2.05, 4.69) is 135 Å². The summed E-state index contributed by atoms with van der Waals surface area (Å²) in [5.74, 6) is 0. The molecular formula is C40H44HfSi. The molecule has 0 radical (unpaired) electrons. The first-order chi connectivity index (χ1) is 20.0. The van der Waals surface area contributed by atoms with E-state index in [1.54, 1.807) is 11.1 Å². The Balaban J connectivity index is 1.46. The molecule has 0 bridgehead atoms. The monoisotopic (exact) mass is 732 g/mol. The van der Waals surface area contributed by atoms with Gasteiger partial charge in [0.2, 0.25) is 0 Å². The molecule has 1 aliphatic heterocycles. The summed E-state index contributed by atoms with van der Waals surface area (Å²) in [5, 5.41) is 3.73. The Bertz CT molecular complexity index is 1670. The number of hydrogen-bond donors (Lipinski definition) is 0. The van der Waals surface area contributed by atoms with Gasteiger partial charge in [0, 0.05) is 0 Å². The molecule has 1 fully saturated rings. The van der Waals surface area contributed by atoms with E-state index < -0.39 is 28.0 Å². The molecule has 3 aliphatic rings. The van der Waals surface area contributed by atoms with E-state index in [1.807, 2.05) is 10.4 Å². The second-order valence-electron chi connectivity index (χ2n) is 14.3. The summed E-state index contributed by atoms with van der Waals surface area (Å²) >= 11 is -3.03. The maximum absolute atomic E-state index is 3.03. The van der Waals surface area contributed by atoms with Crippen molar-refractivity contribution in [1.82, 2.24) is 0 Å². The molecule has 0 saturated carbocycles. The minimum atomic E-state index is -3.03. The van der Waals surface area contributed by atoms with Gasteiger partial charge in [-0.1, -0.05) is 0 Å². The predicted octanol–water partition coefficient (Wildman–Crippen LogP) is 11.7. The van der Waals surface area contributed by atoms with Gasteiger partial charge in [-0.05, 0) is 0 Å². The topological polar surface area (TPSA) is 0 Å². The third-order valence-electron chi connectivity index (χ3n) is 10.7. The van der Waals surface area contributed by atoms with Crippen molar-refractivity contribution in [1.29, 1.82) is 0 Å². The Morgan fingerprint density at radius 1 is 0.619 bits per heavy atom. The van der Waals surface area contributed by atoms with Crippen LogP contribution in [0.1, 0.15) is 65.2 Å². The van der Waals surface area contributed by atoms with Crippen LogP contribution in [0.15, 0.2) is 83.2 Å². The van der Waals surface area contributed by atoms with Crippen LogP contribution in [-0.4, -0.2) is 8.07 Å². The van der Waals surface area contributed by atoms with Gasteiger partial charge in [0.05, 0.1) is 0 Å². The zero-order chi connectivity index (χ0) is 29.6. The van der Waals surface area contributed by atoms with Gasteiger partial charge in [0.15, 0.2) is 0 Å². The molecule has 4 aromatic rings. The van der Waals surface area contributed by atoms with Gasteiger partial charge in [0.25, 0.3) is 0 Å². The van der Waals surface area contributed by atoms with Crippen molar-refractivity contribution in [2.24, 2.45) is 0 Å². The van der Waals surface area contributed by atoms with Crippen LogP contribution in [0.25, 0.3) is 34.4 Å². The zero-order valence-electron chi connectivity index (χ0n) is 26.7. The standard InChI is InChI=1S/C38H38Si.2CH3.Hf/c1-7-14-39(6,33-21-29-10-8-12-35(37(29)23-33)31-17-25(2)15-26(3)18-31)34-22-30-11-9-13-36(38(30)24-34)32-19-27(4)16-28(5)20-32;;;/h8-13,15-24H,7,14H2,1-6H3;2*1H3;. The molecule has 2 heteroatoms. The number of fused-ring (bicyclic) bond motifs is 6. The molecule has 7 rings (SSSR count). The van der Waals surface area contributed by atoms with Gasteiger partial charge in [0.1, 0.15) is 0 Å². The Morgan fingerprint density at radius 3 is 1.40 bits per heavy atom. The molecule has 42 heavy (non-hydrogen) atoms. The van der Waals surface area contributed by atoms with Crippen molar-refractivity contribution < 1.29 is 20.0 Å². The summed E-state index contributed by atoms with van der Waals surface area (Å²) in [4.78, 5) is 0. The van der Waals surface area contributed by atoms with Gasteiger partial charge in [-0.2, -0.15) is 0 Å². The van der Waals surface area contributed by atoms with Gasteiger partial charge < -0.3 is 0 Å². The third kappa shape index (κ3) is 4.15. The molecule has 0 N–H and O–H groups in total. The van der Waals surface area contributed by atoms with Gasteiger partial charge in [-0.25, -0.2) is 0 Å². The van der Waals surface area contributed by atoms with E-state index in [1.165, 1.54) is 68.1 Å². The molecule has 2 unspecified atom stereocenters. The third-order valence-corrected chi connectivity index (χ3v) is 32.9. The maximum atomic E-state index is 2.79. The Labute approximate surface area is 258 Å². The normalized spacial score (nSPS) is 23.0. The number of benzene rings is 4. The number of aryl methyl sites for hydroxylation is 4. The molecule has 1 heterocycles. The molecule has 4 aromatic carbocycles. The first kappa shape index (κ1) is 28.2. The average molecular weight is 731 g/mol. The van der Waals surface area contributed by atoms with Crippen LogP contribution < -0.4 is 0 Å². The summed E-state index contributed by atoms with van der Waals surface area (Å²) in [6, 6.07) is 30.0. The molecule has 0 nitrogen and oxygen atoms in total. The van der Waals surface area contributed by atoms with Crippen molar-refractivity contribution in [3.05, 3.63) is 128 Å². The molecule has 2 aliphatic carbocycles. The molecule has 2 atom stereocenters. The number of allylic oxidation sites excluding steroid dienone is 2. The number of rotatable bonds is 4. The molecular weight excluding hydrogens is 687 g/mol. The quantitative estimate of drug-likeness (QED) is 0.183. The van der Waals surface area contributed by atoms with E-state index in [4.69, 9.17) is 0 Å². The second-order valence-corrected chi connectivity index (χ2v) is 35.9. The van der Waals surface area contributed by atoms with Gasteiger partial charge in [-0.3, -0.25) is 0 Å². The molecule has 0 aromatic heterocycles. The van der Waals surface area contributed by atoms with E-state index >= 15 is 0 Å². The molecule has 0 spiro atoms. The summed E-state index contributed by atoms with van der Waals surface area (Å²) in [7, 11) is -1.89. The summed E-state index contributed by atoms with van der Waals surface area (Å²) in [6.45, 7) is 14.1. The van der Waals surface area contributed by atoms with E-state index in [0.717, 1.165) is 0 Å². The molecule has 1 saturated heterocycles. The molecule has 0 amide bonds. The zero-order valence-corrected chi connectivity index (χ0v) is 31.2. The van der Waals surface area contributed by atoms with Crippen LogP contribution in [-0.2, 0) is 20.0 Å². The fourth-order valence-electron chi connectivity index (χ4n) is 9.25. The Kier molecular flexibility index (Phi) is 6.72. The van der Waals surface area contributed by atoms with Crippen LogP contribution in [0, 0.1) is 27.7 Å². The van der Waals surface area contributed by atoms with E-state index in [9.17, 15) is 0 Å². The minimum absolute atomic E-state index is 0.680. The summed E-state index contributed by atoms with van der Waals surface area (Å²) < 4.78 is 6.95. The second kappa shape index (κ2) is 9.99. The van der Waals surface area contributed by atoms with Crippen LogP contribution in [0.5, 0.6) is 0 Å². The summed E-state index contributed by atoms with van der Waals surface area (Å²) in [5.41, 5.74) is 17.4.